The smallest absolute Gasteiger partial charge is 0.131 e. The quantitative estimate of drug-likeness (QED) is 0.298. The Morgan fingerprint density at radius 2 is 2.00 bits per heavy atom. The van der Waals surface area contributed by atoms with Gasteiger partial charge in [-0.25, -0.2) is 4.39 Å². The SMILES string of the molecule is N#Cc1cc(Cc2cc(C(O)NCc3cc4cc[nH]c4cc3F)ccn2)cc2cc(Cl)cnc12. The molecule has 0 aliphatic rings. The van der Waals surface area contributed by atoms with Gasteiger partial charge in [0.1, 0.15) is 18.1 Å². The summed E-state index contributed by atoms with van der Waals surface area (Å²) in [5, 5.41) is 25.3. The van der Waals surface area contributed by atoms with Crippen molar-refractivity contribution < 1.29 is 9.50 Å². The molecule has 5 aromatic rings. The van der Waals surface area contributed by atoms with Crippen LogP contribution in [-0.2, 0) is 13.0 Å². The number of hydrogen-bond acceptors (Lipinski definition) is 5. The van der Waals surface area contributed by atoms with Crippen LogP contribution in [-0.4, -0.2) is 20.1 Å². The van der Waals surface area contributed by atoms with E-state index in [1.807, 2.05) is 12.1 Å². The summed E-state index contributed by atoms with van der Waals surface area (Å²) in [5.41, 5.74) is 4.46. The van der Waals surface area contributed by atoms with E-state index in [1.54, 1.807) is 42.7 Å². The molecule has 0 bridgehead atoms. The molecule has 3 aromatic heterocycles. The number of fused-ring (bicyclic) bond motifs is 2. The number of aliphatic hydroxyl groups excluding tert-OH is 1. The van der Waals surface area contributed by atoms with Gasteiger partial charge in [-0.15, -0.1) is 0 Å². The van der Waals surface area contributed by atoms with Crippen LogP contribution in [0.4, 0.5) is 4.39 Å². The molecule has 0 aliphatic heterocycles. The molecule has 0 saturated carbocycles. The summed E-state index contributed by atoms with van der Waals surface area (Å²) in [7, 11) is 0. The predicted octanol–water partition coefficient (Wildman–Crippen LogP) is 5.15. The molecule has 3 heterocycles. The highest BCUT2D eigenvalue weighted by atomic mass is 35.5. The number of benzene rings is 2. The van der Waals surface area contributed by atoms with Crippen molar-refractivity contribution in [1.29, 1.82) is 5.26 Å². The number of aliphatic hydroxyl groups is 1. The maximum Gasteiger partial charge on any atom is 0.131 e. The van der Waals surface area contributed by atoms with E-state index in [1.165, 1.54) is 12.3 Å². The van der Waals surface area contributed by atoms with E-state index in [4.69, 9.17) is 11.6 Å². The minimum atomic E-state index is -1.00. The average Bonchev–Trinajstić information content (AvgIpc) is 3.28. The first kappa shape index (κ1) is 22.0. The van der Waals surface area contributed by atoms with Crippen LogP contribution >= 0.6 is 11.6 Å². The van der Waals surface area contributed by atoms with E-state index in [9.17, 15) is 14.8 Å². The van der Waals surface area contributed by atoms with E-state index in [0.29, 0.717) is 33.7 Å². The molecule has 0 radical (unpaired) electrons. The van der Waals surface area contributed by atoms with Gasteiger partial charge in [0.2, 0.25) is 0 Å². The normalized spacial score (nSPS) is 12.2. The van der Waals surface area contributed by atoms with Crippen LogP contribution in [0.1, 0.15) is 34.2 Å². The molecule has 0 fully saturated rings. The van der Waals surface area contributed by atoms with Crippen molar-refractivity contribution in [2.24, 2.45) is 0 Å². The Hall–Kier alpha value is -3.83. The molecule has 2 aromatic carbocycles. The first-order chi connectivity index (χ1) is 16.5. The van der Waals surface area contributed by atoms with Crippen molar-refractivity contribution in [2.45, 2.75) is 19.2 Å². The Balaban J connectivity index is 1.34. The number of aromatic amines is 1. The zero-order chi connectivity index (χ0) is 23.7. The van der Waals surface area contributed by atoms with Crippen LogP contribution in [0, 0.1) is 17.1 Å². The van der Waals surface area contributed by atoms with E-state index in [-0.39, 0.29) is 12.4 Å². The van der Waals surface area contributed by atoms with Crippen molar-refractivity contribution in [3.8, 4) is 6.07 Å². The highest BCUT2D eigenvalue weighted by Gasteiger charge is 2.12. The number of H-pyrrole nitrogens is 1. The minimum absolute atomic E-state index is 0.162. The Kier molecular flexibility index (Phi) is 5.95. The molecular formula is C26H19ClFN5O. The second kappa shape index (κ2) is 9.20. The van der Waals surface area contributed by atoms with Gasteiger partial charge in [0.25, 0.3) is 0 Å². The lowest BCUT2D eigenvalue weighted by Gasteiger charge is -2.15. The standard InChI is InChI=1S/C26H19ClFN5O/c27-21-9-18-5-15(6-19(12-29)25(18)32-14-21)7-22-10-17(2-3-30-22)26(34)33-13-20-8-16-1-4-31-24(16)11-23(20)28/h1-6,8-11,14,26,31,33-34H,7,13H2. The van der Waals surface area contributed by atoms with E-state index in [0.717, 1.165) is 27.5 Å². The van der Waals surface area contributed by atoms with Gasteiger partial charge in [-0.1, -0.05) is 11.6 Å². The Morgan fingerprint density at radius 3 is 2.85 bits per heavy atom. The Bertz CT molecular complexity index is 1560. The van der Waals surface area contributed by atoms with Gasteiger partial charge in [-0.05, 0) is 65.0 Å². The molecule has 3 N–H and O–H groups in total. The second-order valence-corrected chi connectivity index (χ2v) is 8.47. The summed E-state index contributed by atoms with van der Waals surface area (Å²) in [6.07, 6.45) is 4.35. The predicted molar refractivity (Wildman–Crippen MR) is 129 cm³/mol. The van der Waals surface area contributed by atoms with Gasteiger partial charge in [-0.3, -0.25) is 15.3 Å². The topological polar surface area (TPSA) is 97.6 Å². The molecular weight excluding hydrogens is 453 g/mol. The van der Waals surface area contributed by atoms with Crippen molar-refractivity contribution in [1.82, 2.24) is 20.3 Å². The molecule has 8 heteroatoms. The van der Waals surface area contributed by atoms with E-state index in [2.05, 4.69) is 26.3 Å². The lowest BCUT2D eigenvalue weighted by molar-refractivity contribution is 0.136. The first-order valence-corrected chi connectivity index (χ1v) is 11.0. The number of hydrogen-bond donors (Lipinski definition) is 3. The molecule has 1 unspecified atom stereocenters. The molecule has 6 nitrogen and oxygen atoms in total. The fourth-order valence-corrected chi connectivity index (χ4v) is 4.19. The van der Waals surface area contributed by atoms with Crippen molar-refractivity contribution >= 4 is 33.4 Å². The largest absolute Gasteiger partial charge is 0.374 e. The van der Waals surface area contributed by atoms with Crippen LogP contribution < -0.4 is 5.32 Å². The first-order valence-electron chi connectivity index (χ1n) is 10.6. The molecule has 34 heavy (non-hydrogen) atoms. The van der Waals surface area contributed by atoms with Crippen LogP contribution in [0.3, 0.4) is 0 Å². The Labute approximate surface area is 199 Å². The number of pyridine rings is 2. The molecule has 0 spiro atoms. The molecule has 0 amide bonds. The van der Waals surface area contributed by atoms with Crippen molar-refractivity contribution in [2.75, 3.05) is 0 Å². The number of nitrogens with one attached hydrogen (secondary N) is 2. The number of rotatable bonds is 6. The zero-order valence-electron chi connectivity index (χ0n) is 17.9. The van der Waals surface area contributed by atoms with E-state index < -0.39 is 6.23 Å². The molecule has 1 atom stereocenters. The van der Waals surface area contributed by atoms with Crippen molar-refractivity contribution in [3.05, 3.63) is 106 Å². The fraction of sp³-hybridized carbons (Fsp3) is 0.115. The van der Waals surface area contributed by atoms with Crippen LogP contribution in [0.25, 0.3) is 21.8 Å². The van der Waals surface area contributed by atoms with Crippen LogP contribution in [0.5, 0.6) is 0 Å². The van der Waals surface area contributed by atoms with Gasteiger partial charge in [0.15, 0.2) is 0 Å². The number of aromatic nitrogens is 3. The van der Waals surface area contributed by atoms with E-state index >= 15 is 0 Å². The second-order valence-electron chi connectivity index (χ2n) is 8.03. The summed E-state index contributed by atoms with van der Waals surface area (Å²) in [6, 6.07) is 16.2. The molecule has 5 rings (SSSR count). The summed E-state index contributed by atoms with van der Waals surface area (Å²) < 4.78 is 14.4. The third-order valence-corrected chi connectivity index (χ3v) is 5.88. The molecule has 0 aliphatic carbocycles. The molecule has 0 saturated heterocycles. The summed E-state index contributed by atoms with van der Waals surface area (Å²) >= 11 is 6.07. The summed E-state index contributed by atoms with van der Waals surface area (Å²) in [4.78, 5) is 11.6. The van der Waals surface area contributed by atoms with Gasteiger partial charge in [0, 0.05) is 53.7 Å². The van der Waals surface area contributed by atoms with Gasteiger partial charge in [-0.2, -0.15) is 5.26 Å². The highest BCUT2D eigenvalue weighted by molar-refractivity contribution is 6.31. The third kappa shape index (κ3) is 4.47. The highest BCUT2D eigenvalue weighted by Crippen LogP contribution is 2.24. The minimum Gasteiger partial charge on any atom is -0.374 e. The van der Waals surface area contributed by atoms with Crippen molar-refractivity contribution in [3.63, 3.8) is 0 Å². The van der Waals surface area contributed by atoms with Gasteiger partial charge < -0.3 is 10.1 Å². The number of nitrogens with zero attached hydrogens (tertiary/aromatic N) is 3. The average molecular weight is 472 g/mol. The monoisotopic (exact) mass is 471 g/mol. The van der Waals surface area contributed by atoms with Crippen LogP contribution in [0.15, 0.2) is 67.1 Å². The lowest BCUT2D eigenvalue weighted by atomic mass is 10.0. The fourth-order valence-electron chi connectivity index (χ4n) is 4.03. The van der Waals surface area contributed by atoms with Gasteiger partial charge >= 0.3 is 0 Å². The number of halogens is 2. The maximum atomic E-state index is 14.4. The third-order valence-electron chi connectivity index (χ3n) is 5.68. The molecule has 168 valence electrons. The van der Waals surface area contributed by atoms with Gasteiger partial charge in [0.05, 0.1) is 16.1 Å². The summed E-state index contributed by atoms with van der Waals surface area (Å²) in [6.45, 7) is 0.162. The van der Waals surface area contributed by atoms with Crippen LogP contribution in [0.2, 0.25) is 5.02 Å². The maximum absolute atomic E-state index is 14.4. The summed E-state index contributed by atoms with van der Waals surface area (Å²) in [5.74, 6) is -0.343. The number of nitriles is 1. The lowest BCUT2D eigenvalue weighted by Crippen LogP contribution is -2.21. The Morgan fingerprint density at radius 1 is 1.12 bits per heavy atom. The zero-order valence-corrected chi connectivity index (χ0v) is 18.6.